The number of carbonyl (C=O) groups is 2. The highest BCUT2D eigenvalue weighted by Gasteiger charge is 2.31. The van der Waals surface area contributed by atoms with Gasteiger partial charge in [0, 0.05) is 13.1 Å². The molecule has 1 saturated heterocycles. The first-order valence-corrected chi connectivity index (χ1v) is 6.24. The first-order chi connectivity index (χ1) is 9.20. The van der Waals surface area contributed by atoms with Crippen LogP contribution in [0.5, 0.6) is 5.75 Å². The van der Waals surface area contributed by atoms with Gasteiger partial charge in [-0.15, -0.1) is 0 Å². The maximum absolute atomic E-state index is 11.9. The SMILES string of the molecule is COC(=O)C1CCN(C(=O)COc2ccccc2)C1. The van der Waals surface area contributed by atoms with Crippen LogP contribution in [0.2, 0.25) is 0 Å². The number of rotatable bonds is 4. The third-order valence-electron chi connectivity index (χ3n) is 3.18. The normalized spacial score (nSPS) is 18.2. The standard InChI is InChI=1S/C14H17NO4/c1-18-14(17)11-7-8-15(9-11)13(16)10-19-12-5-3-2-4-6-12/h2-6,11H,7-10H2,1H3. The fourth-order valence-corrected chi connectivity index (χ4v) is 2.10. The van der Waals surface area contributed by atoms with E-state index in [1.165, 1.54) is 7.11 Å². The number of likely N-dealkylation sites (tertiary alicyclic amines) is 1. The molecule has 1 fully saturated rings. The van der Waals surface area contributed by atoms with Gasteiger partial charge in [-0.05, 0) is 18.6 Å². The van der Waals surface area contributed by atoms with Crippen LogP contribution >= 0.6 is 0 Å². The molecule has 0 saturated carbocycles. The average molecular weight is 263 g/mol. The number of amides is 1. The van der Waals surface area contributed by atoms with Gasteiger partial charge in [0.05, 0.1) is 13.0 Å². The van der Waals surface area contributed by atoms with E-state index in [4.69, 9.17) is 4.74 Å². The molecule has 1 aromatic carbocycles. The van der Waals surface area contributed by atoms with Crippen molar-refractivity contribution in [1.29, 1.82) is 0 Å². The maximum Gasteiger partial charge on any atom is 0.310 e. The molecule has 2 rings (SSSR count). The average Bonchev–Trinajstić information content (AvgIpc) is 2.95. The second-order valence-corrected chi connectivity index (χ2v) is 4.45. The number of carbonyl (C=O) groups excluding carboxylic acids is 2. The zero-order valence-corrected chi connectivity index (χ0v) is 10.9. The van der Waals surface area contributed by atoms with E-state index in [2.05, 4.69) is 4.74 Å². The molecular formula is C14H17NO4. The maximum atomic E-state index is 11.9. The van der Waals surface area contributed by atoms with Gasteiger partial charge in [0.25, 0.3) is 5.91 Å². The number of nitrogens with zero attached hydrogens (tertiary/aromatic N) is 1. The molecule has 0 aliphatic carbocycles. The summed E-state index contributed by atoms with van der Waals surface area (Å²) in [5.74, 6) is 0.111. The van der Waals surface area contributed by atoms with Crippen LogP contribution in [-0.4, -0.2) is 43.6 Å². The molecule has 0 spiro atoms. The predicted molar refractivity (Wildman–Crippen MR) is 68.6 cm³/mol. The molecule has 1 atom stereocenters. The van der Waals surface area contributed by atoms with Crippen molar-refractivity contribution in [2.24, 2.45) is 5.92 Å². The van der Waals surface area contributed by atoms with Crippen LogP contribution in [0.1, 0.15) is 6.42 Å². The number of para-hydroxylation sites is 1. The monoisotopic (exact) mass is 263 g/mol. The minimum absolute atomic E-state index is 0.00208. The highest BCUT2D eigenvalue weighted by atomic mass is 16.5. The van der Waals surface area contributed by atoms with Crippen LogP contribution in [0.4, 0.5) is 0 Å². The van der Waals surface area contributed by atoms with E-state index in [-0.39, 0.29) is 24.4 Å². The van der Waals surface area contributed by atoms with Crippen molar-refractivity contribution < 1.29 is 19.1 Å². The largest absolute Gasteiger partial charge is 0.484 e. The number of hydrogen-bond donors (Lipinski definition) is 0. The summed E-state index contributed by atoms with van der Waals surface area (Å²) in [6.07, 6.45) is 0.656. The third-order valence-corrected chi connectivity index (χ3v) is 3.18. The second kappa shape index (κ2) is 6.22. The zero-order chi connectivity index (χ0) is 13.7. The Hall–Kier alpha value is -2.04. The van der Waals surface area contributed by atoms with Crippen molar-refractivity contribution in [3.63, 3.8) is 0 Å². The molecular weight excluding hydrogens is 246 g/mol. The summed E-state index contributed by atoms with van der Waals surface area (Å²) in [6.45, 7) is 0.998. The molecule has 102 valence electrons. The Kier molecular flexibility index (Phi) is 4.39. The van der Waals surface area contributed by atoms with Crippen molar-refractivity contribution in [3.8, 4) is 5.75 Å². The Morgan fingerprint density at radius 1 is 1.32 bits per heavy atom. The molecule has 1 aliphatic heterocycles. The molecule has 1 heterocycles. The third kappa shape index (κ3) is 3.47. The van der Waals surface area contributed by atoms with Gasteiger partial charge in [-0.2, -0.15) is 0 Å². The molecule has 0 bridgehead atoms. The Labute approximate surface area is 112 Å². The second-order valence-electron chi connectivity index (χ2n) is 4.45. The lowest BCUT2D eigenvalue weighted by atomic mass is 10.1. The number of hydrogen-bond acceptors (Lipinski definition) is 4. The van der Waals surface area contributed by atoms with Crippen LogP contribution in [0, 0.1) is 5.92 Å². The van der Waals surface area contributed by atoms with Gasteiger partial charge in [-0.1, -0.05) is 18.2 Å². The Morgan fingerprint density at radius 2 is 2.05 bits per heavy atom. The van der Waals surface area contributed by atoms with Crippen molar-refractivity contribution in [2.75, 3.05) is 26.8 Å². The lowest BCUT2D eigenvalue weighted by Gasteiger charge is -2.16. The van der Waals surface area contributed by atoms with Crippen LogP contribution in [-0.2, 0) is 14.3 Å². The van der Waals surface area contributed by atoms with E-state index in [0.29, 0.717) is 25.3 Å². The van der Waals surface area contributed by atoms with Crippen molar-refractivity contribution >= 4 is 11.9 Å². The van der Waals surface area contributed by atoms with Gasteiger partial charge in [0.2, 0.25) is 0 Å². The zero-order valence-electron chi connectivity index (χ0n) is 10.9. The number of methoxy groups -OCH3 is 1. The molecule has 0 N–H and O–H groups in total. The molecule has 1 aromatic rings. The van der Waals surface area contributed by atoms with E-state index in [1.54, 1.807) is 17.0 Å². The van der Waals surface area contributed by atoms with Gasteiger partial charge in [0.15, 0.2) is 6.61 Å². The summed E-state index contributed by atoms with van der Waals surface area (Å²) < 4.78 is 10.1. The topological polar surface area (TPSA) is 55.8 Å². The van der Waals surface area contributed by atoms with E-state index >= 15 is 0 Å². The predicted octanol–water partition coefficient (Wildman–Crippen LogP) is 1.09. The lowest BCUT2D eigenvalue weighted by Crippen LogP contribution is -2.34. The molecule has 5 nitrogen and oxygen atoms in total. The van der Waals surface area contributed by atoms with Crippen molar-refractivity contribution in [2.45, 2.75) is 6.42 Å². The molecule has 0 aromatic heterocycles. The fourth-order valence-electron chi connectivity index (χ4n) is 2.10. The molecule has 0 radical (unpaired) electrons. The van der Waals surface area contributed by atoms with Crippen molar-refractivity contribution in [3.05, 3.63) is 30.3 Å². The van der Waals surface area contributed by atoms with Crippen LogP contribution in [0.15, 0.2) is 30.3 Å². The summed E-state index contributed by atoms with van der Waals surface area (Å²) in [4.78, 5) is 24.9. The summed E-state index contributed by atoms with van der Waals surface area (Å²) in [5.41, 5.74) is 0. The lowest BCUT2D eigenvalue weighted by molar-refractivity contribution is -0.145. The van der Waals surface area contributed by atoms with Gasteiger partial charge in [-0.25, -0.2) is 0 Å². The highest BCUT2D eigenvalue weighted by Crippen LogP contribution is 2.18. The van der Waals surface area contributed by atoms with Gasteiger partial charge in [-0.3, -0.25) is 9.59 Å². The number of ether oxygens (including phenoxy) is 2. The first kappa shape index (κ1) is 13.4. The van der Waals surface area contributed by atoms with E-state index < -0.39 is 0 Å². The summed E-state index contributed by atoms with van der Waals surface area (Å²) in [5, 5.41) is 0. The van der Waals surface area contributed by atoms with Gasteiger partial charge in [0.1, 0.15) is 5.75 Å². The Bertz CT molecular complexity index is 446. The van der Waals surface area contributed by atoms with Crippen LogP contribution in [0.3, 0.4) is 0 Å². The van der Waals surface area contributed by atoms with Gasteiger partial charge < -0.3 is 14.4 Å². The smallest absolute Gasteiger partial charge is 0.310 e. The molecule has 1 aliphatic rings. The molecule has 1 unspecified atom stereocenters. The molecule has 5 heteroatoms. The molecule has 19 heavy (non-hydrogen) atoms. The van der Waals surface area contributed by atoms with E-state index in [9.17, 15) is 9.59 Å². The highest BCUT2D eigenvalue weighted by molar-refractivity contribution is 5.80. The van der Waals surface area contributed by atoms with Crippen molar-refractivity contribution in [1.82, 2.24) is 4.90 Å². The summed E-state index contributed by atoms with van der Waals surface area (Å²) >= 11 is 0. The first-order valence-electron chi connectivity index (χ1n) is 6.24. The van der Waals surface area contributed by atoms with Crippen LogP contribution < -0.4 is 4.74 Å². The van der Waals surface area contributed by atoms with Crippen LogP contribution in [0.25, 0.3) is 0 Å². The minimum Gasteiger partial charge on any atom is -0.484 e. The Balaban J connectivity index is 1.80. The number of benzene rings is 1. The van der Waals surface area contributed by atoms with E-state index in [1.807, 2.05) is 18.2 Å². The van der Waals surface area contributed by atoms with E-state index in [0.717, 1.165) is 0 Å². The quantitative estimate of drug-likeness (QED) is 0.763. The summed E-state index contributed by atoms with van der Waals surface area (Å²) in [6, 6.07) is 9.19. The van der Waals surface area contributed by atoms with Gasteiger partial charge >= 0.3 is 5.97 Å². The number of esters is 1. The molecule has 1 amide bonds. The fraction of sp³-hybridized carbons (Fsp3) is 0.429. The Morgan fingerprint density at radius 3 is 2.74 bits per heavy atom. The summed E-state index contributed by atoms with van der Waals surface area (Å²) in [7, 11) is 1.37. The minimum atomic E-state index is -0.251.